The van der Waals surface area contributed by atoms with Crippen LogP contribution in [0.5, 0.6) is 0 Å². The maximum absolute atomic E-state index is 12.8. The van der Waals surface area contributed by atoms with Gasteiger partial charge in [0.25, 0.3) is 5.91 Å². The predicted octanol–water partition coefficient (Wildman–Crippen LogP) is 6.40. The Balaban J connectivity index is 0.000000559. The van der Waals surface area contributed by atoms with Crippen molar-refractivity contribution in [2.24, 2.45) is 5.92 Å². The van der Waals surface area contributed by atoms with Crippen LogP contribution in [-0.4, -0.2) is 65.7 Å². The topological polar surface area (TPSA) is 72.9 Å². The number of carbonyl (C=O) groups excluding carboxylic acids is 1. The Morgan fingerprint density at radius 3 is 2.08 bits per heavy atom. The molecule has 0 unspecified atom stereocenters. The Hall–Kier alpha value is -3.69. The molecule has 214 valence electrons. The zero-order chi connectivity index (χ0) is 29.1. The summed E-state index contributed by atoms with van der Waals surface area (Å²) in [7, 11) is 0. The van der Waals surface area contributed by atoms with Gasteiger partial charge in [-0.2, -0.15) is 13.2 Å². The van der Waals surface area contributed by atoms with Gasteiger partial charge in [0.15, 0.2) is 0 Å². The fourth-order valence-electron chi connectivity index (χ4n) is 4.54. The van der Waals surface area contributed by atoms with Gasteiger partial charge in [-0.05, 0) is 66.4 Å². The number of carboxylic acid groups (broad SMARTS) is 1. The van der Waals surface area contributed by atoms with Gasteiger partial charge in [-0.15, -0.1) is 0 Å². The van der Waals surface area contributed by atoms with E-state index < -0.39 is 12.1 Å². The average Bonchev–Trinajstić information content (AvgIpc) is 3.13. The molecule has 1 saturated heterocycles. The van der Waals surface area contributed by atoms with E-state index in [4.69, 9.17) is 9.90 Å². The molecule has 0 saturated carbocycles. The third kappa shape index (κ3) is 10.1. The normalized spacial score (nSPS) is 14.7. The highest BCUT2D eigenvalue weighted by Gasteiger charge is 2.38. The molecule has 0 aliphatic carbocycles. The minimum atomic E-state index is -5.08. The molecule has 0 atom stereocenters. The number of hydrogen-bond acceptors (Lipinski definition) is 4. The van der Waals surface area contributed by atoms with Gasteiger partial charge in [-0.3, -0.25) is 9.69 Å². The van der Waals surface area contributed by atoms with Gasteiger partial charge < -0.3 is 15.3 Å². The SMILES string of the molecule is CC(C)CN1CCCN(Cc2cccc(NC(=O)c3ccc(-c4ccccc4)cc3)c2)CC1.O=C(O)C(F)(F)F. The van der Waals surface area contributed by atoms with Crippen LogP contribution < -0.4 is 5.32 Å². The second-order valence-corrected chi connectivity index (χ2v) is 10.2. The largest absolute Gasteiger partial charge is 0.490 e. The second-order valence-electron chi connectivity index (χ2n) is 10.2. The summed E-state index contributed by atoms with van der Waals surface area (Å²) in [5.41, 5.74) is 5.01. The predicted molar refractivity (Wildman–Crippen MR) is 151 cm³/mol. The Kier molecular flexibility index (Phi) is 11.3. The molecule has 3 aromatic carbocycles. The Morgan fingerprint density at radius 2 is 1.45 bits per heavy atom. The molecule has 2 N–H and O–H groups in total. The molecule has 1 aliphatic rings. The maximum Gasteiger partial charge on any atom is 0.490 e. The summed E-state index contributed by atoms with van der Waals surface area (Å²) >= 11 is 0. The number of amides is 1. The fraction of sp³-hybridized carbons (Fsp3) is 0.355. The second kappa shape index (κ2) is 14.6. The van der Waals surface area contributed by atoms with E-state index in [9.17, 15) is 18.0 Å². The van der Waals surface area contributed by atoms with E-state index in [-0.39, 0.29) is 5.91 Å². The molecule has 4 rings (SSSR count). The van der Waals surface area contributed by atoms with Crippen molar-refractivity contribution < 1.29 is 27.9 Å². The highest BCUT2D eigenvalue weighted by molar-refractivity contribution is 6.04. The van der Waals surface area contributed by atoms with Crippen LogP contribution in [0, 0.1) is 5.92 Å². The summed E-state index contributed by atoms with van der Waals surface area (Å²) in [5.74, 6) is -2.12. The molecule has 1 aliphatic heterocycles. The first kappa shape index (κ1) is 30.8. The van der Waals surface area contributed by atoms with Crippen LogP contribution in [0.4, 0.5) is 18.9 Å². The molecule has 9 heteroatoms. The minimum absolute atomic E-state index is 0.0779. The highest BCUT2D eigenvalue weighted by Crippen LogP contribution is 2.20. The van der Waals surface area contributed by atoms with Crippen molar-refractivity contribution in [3.8, 4) is 11.1 Å². The van der Waals surface area contributed by atoms with Crippen LogP contribution in [0.15, 0.2) is 78.9 Å². The summed E-state index contributed by atoms with van der Waals surface area (Å²) in [6.45, 7) is 11.2. The summed E-state index contributed by atoms with van der Waals surface area (Å²) in [5, 5.41) is 10.2. The molecule has 1 amide bonds. The van der Waals surface area contributed by atoms with Crippen molar-refractivity contribution in [3.05, 3.63) is 90.0 Å². The van der Waals surface area contributed by atoms with Crippen LogP contribution >= 0.6 is 0 Å². The van der Waals surface area contributed by atoms with Crippen molar-refractivity contribution >= 4 is 17.6 Å². The number of nitrogens with one attached hydrogen (secondary N) is 1. The number of aliphatic carboxylic acids is 1. The molecule has 6 nitrogen and oxygen atoms in total. The summed E-state index contributed by atoms with van der Waals surface area (Å²) < 4.78 is 31.7. The van der Waals surface area contributed by atoms with Gasteiger partial charge in [0.1, 0.15) is 0 Å². The van der Waals surface area contributed by atoms with E-state index in [1.165, 1.54) is 25.1 Å². The number of anilines is 1. The number of hydrogen-bond donors (Lipinski definition) is 2. The highest BCUT2D eigenvalue weighted by atomic mass is 19.4. The van der Waals surface area contributed by atoms with Gasteiger partial charge >= 0.3 is 12.1 Å². The molecule has 0 spiro atoms. The molecule has 1 fully saturated rings. The first-order valence-corrected chi connectivity index (χ1v) is 13.3. The summed E-state index contributed by atoms with van der Waals surface area (Å²) in [6, 6.07) is 26.3. The summed E-state index contributed by atoms with van der Waals surface area (Å²) in [4.78, 5) is 26.8. The van der Waals surface area contributed by atoms with Crippen molar-refractivity contribution in [3.63, 3.8) is 0 Å². The zero-order valence-corrected chi connectivity index (χ0v) is 22.8. The van der Waals surface area contributed by atoms with Crippen molar-refractivity contribution in [1.82, 2.24) is 9.80 Å². The smallest absolute Gasteiger partial charge is 0.475 e. The number of carboxylic acids is 1. The van der Waals surface area contributed by atoms with Crippen LogP contribution in [0.2, 0.25) is 0 Å². The fourth-order valence-corrected chi connectivity index (χ4v) is 4.54. The lowest BCUT2D eigenvalue weighted by Gasteiger charge is -2.23. The maximum atomic E-state index is 12.8. The lowest BCUT2D eigenvalue weighted by molar-refractivity contribution is -0.192. The van der Waals surface area contributed by atoms with Crippen LogP contribution in [0.1, 0.15) is 36.2 Å². The number of carbonyl (C=O) groups is 2. The number of halogens is 3. The monoisotopic (exact) mass is 555 g/mol. The summed E-state index contributed by atoms with van der Waals surface area (Å²) in [6.07, 6.45) is -3.87. The molecule has 0 bridgehead atoms. The first-order chi connectivity index (χ1) is 19.0. The van der Waals surface area contributed by atoms with E-state index in [2.05, 4.69) is 53.2 Å². The van der Waals surface area contributed by atoms with Crippen molar-refractivity contribution in [2.45, 2.75) is 33.0 Å². The number of benzene rings is 3. The number of alkyl halides is 3. The van der Waals surface area contributed by atoms with Crippen molar-refractivity contribution in [1.29, 1.82) is 0 Å². The standard InChI is InChI=1S/C29H35N3O.C2HF3O2/c1-23(2)21-31-16-7-17-32(19-18-31)22-24-8-6-11-28(20-24)30-29(33)27-14-12-26(13-15-27)25-9-4-3-5-10-25;3-2(4,5)1(6)7/h3-6,8-15,20,23H,7,16-19,21-22H2,1-2H3,(H,30,33);(H,6,7). The number of rotatable bonds is 7. The van der Waals surface area contributed by atoms with Crippen LogP contribution in [0.3, 0.4) is 0 Å². The third-order valence-electron chi connectivity index (χ3n) is 6.39. The van der Waals surface area contributed by atoms with Gasteiger partial charge in [-0.25, -0.2) is 4.79 Å². The zero-order valence-electron chi connectivity index (χ0n) is 22.8. The van der Waals surface area contributed by atoms with E-state index in [0.29, 0.717) is 11.5 Å². The molecule has 0 radical (unpaired) electrons. The first-order valence-electron chi connectivity index (χ1n) is 13.3. The van der Waals surface area contributed by atoms with Crippen LogP contribution in [0.25, 0.3) is 11.1 Å². The third-order valence-corrected chi connectivity index (χ3v) is 6.39. The van der Waals surface area contributed by atoms with E-state index in [0.717, 1.165) is 43.0 Å². The molecule has 0 aromatic heterocycles. The van der Waals surface area contributed by atoms with Gasteiger partial charge in [-0.1, -0.05) is 68.4 Å². The Morgan fingerprint density at radius 1 is 0.850 bits per heavy atom. The van der Waals surface area contributed by atoms with Crippen molar-refractivity contribution in [2.75, 3.05) is 38.0 Å². The van der Waals surface area contributed by atoms with E-state index in [1.807, 2.05) is 54.6 Å². The minimum Gasteiger partial charge on any atom is -0.475 e. The lowest BCUT2D eigenvalue weighted by atomic mass is 10.0. The van der Waals surface area contributed by atoms with Gasteiger partial charge in [0.05, 0.1) is 0 Å². The van der Waals surface area contributed by atoms with Crippen LogP contribution in [-0.2, 0) is 11.3 Å². The van der Waals surface area contributed by atoms with E-state index in [1.54, 1.807) is 0 Å². The molecule has 3 aromatic rings. The molecular formula is C31H36F3N3O3. The van der Waals surface area contributed by atoms with Gasteiger partial charge in [0, 0.05) is 37.4 Å². The Labute approximate surface area is 233 Å². The molecule has 1 heterocycles. The quantitative estimate of drug-likeness (QED) is 0.353. The molecule has 40 heavy (non-hydrogen) atoms. The number of nitrogens with zero attached hydrogens (tertiary/aromatic N) is 2. The average molecular weight is 556 g/mol. The lowest BCUT2D eigenvalue weighted by Crippen LogP contribution is -2.32. The van der Waals surface area contributed by atoms with Gasteiger partial charge in [0.2, 0.25) is 0 Å². The Bertz CT molecular complexity index is 1230. The van der Waals surface area contributed by atoms with E-state index >= 15 is 0 Å². The molecular weight excluding hydrogens is 519 g/mol.